The molecular formula is C22H21N5O3S. The molecule has 0 atom stereocenters. The first-order valence-corrected chi connectivity index (χ1v) is 10.6. The zero-order valence-corrected chi connectivity index (χ0v) is 18.2. The van der Waals surface area contributed by atoms with E-state index in [0.717, 1.165) is 16.8 Å². The standard InChI is InChI=1S/C22H21N5O3S/c1-13-5-6-14(2)17(9-13)25-18(28)10-19-24-16(12-31-19)11-30-22(29)20-15(3)26-27-8-4-7-23-21(20)27/h4-9,12H,10-11H2,1-3H3,(H,25,28). The summed E-state index contributed by atoms with van der Waals surface area (Å²) in [5.41, 5.74) is 4.81. The van der Waals surface area contributed by atoms with Gasteiger partial charge in [-0.2, -0.15) is 5.10 Å². The number of rotatable bonds is 6. The number of aryl methyl sites for hydroxylation is 3. The van der Waals surface area contributed by atoms with Gasteiger partial charge < -0.3 is 10.1 Å². The van der Waals surface area contributed by atoms with Gasteiger partial charge in [0.1, 0.15) is 17.2 Å². The summed E-state index contributed by atoms with van der Waals surface area (Å²) in [4.78, 5) is 33.6. The highest BCUT2D eigenvalue weighted by atomic mass is 32.1. The molecule has 4 rings (SSSR count). The molecule has 0 unspecified atom stereocenters. The Hall–Kier alpha value is -3.59. The number of carbonyl (C=O) groups is 2. The number of carbonyl (C=O) groups excluding carboxylic acids is 2. The summed E-state index contributed by atoms with van der Waals surface area (Å²) in [5.74, 6) is -0.645. The van der Waals surface area contributed by atoms with E-state index < -0.39 is 5.97 Å². The van der Waals surface area contributed by atoms with E-state index in [-0.39, 0.29) is 18.9 Å². The van der Waals surface area contributed by atoms with Crippen molar-refractivity contribution in [3.8, 4) is 0 Å². The van der Waals surface area contributed by atoms with E-state index in [2.05, 4.69) is 20.4 Å². The molecule has 0 bridgehead atoms. The van der Waals surface area contributed by atoms with Gasteiger partial charge in [0.15, 0.2) is 5.65 Å². The zero-order chi connectivity index (χ0) is 22.0. The van der Waals surface area contributed by atoms with Gasteiger partial charge in [-0.1, -0.05) is 12.1 Å². The van der Waals surface area contributed by atoms with Gasteiger partial charge in [-0.25, -0.2) is 19.3 Å². The third kappa shape index (κ3) is 4.61. The van der Waals surface area contributed by atoms with Crippen molar-refractivity contribution >= 4 is 34.5 Å². The number of aromatic nitrogens is 4. The second-order valence-electron chi connectivity index (χ2n) is 7.20. The van der Waals surface area contributed by atoms with Gasteiger partial charge in [0, 0.05) is 23.5 Å². The number of anilines is 1. The molecule has 9 heteroatoms. The molecular weight excluding hydrogens is 414 g/mol. The van der Waals surface area contributed by atoms with Crippen molar-refractivity contribution in [2.24, 2.45) is 0 Å². The monoisotopic (exact) mass is 435 g/mol. The van der Waals surface area contributed by atoms with Crippen molar-refractivity contribution in [3.63, 3.8) is 0 Å². The predicted molar refractivity (Wildman–Crippen MR) is 117 cm³/mol. The molecule has 1 aromatic carbocycles. The molecule has 31 heavy (non-hydrogen) atoms. The van der Waals surface area contributed by atoms with Crippen LogP contribution in [0, 0.1) is 20.8 Å². The first-order chi connectivity index (χ1) is 14.9. The van der Waals surface area contributed by atoms with E-state index in [1.807, 2.05) is 32.0 Å². The normalized spacial score (nSPS) is 10.9. The Bertz CT molecular complexity index is 1280. The van der Waals surface area contributed by atoms with Gasteiger partial charge in [0.05, 0.1) is 17.8 Å². The summed E-state index contributed by atoms with van der Waals surface area (Å²) in [6.45, 7) is 5.68. The Balaban J connectivity index is 1.37. The summed E-state index contributed by atoms with van der Waals surface area (Å²) >= 11 is 1.36. The molecule has 3 aromatic heterocycles. The van der Waals surface area contributed by atoms with E-state index in [9.17, 15) is 9.59 Å². The number of amides is 1. The molecule has 158 valence electrons. The Kier molecular flexibility index (Phi) is 5.77. The minimum absolute atomic E-state index is 0.0115. The second kappa shape index (κ2) is 8.65. The van der Waals surface area contributed by atoms with Gasteiger partial charge in [-0.3, -0.25) is 4.79 Å². The molecule has 0 spiro atoms. The molecule has 0 fully saturated rings. The van der Waals surface area contributed by atoms with E-state index >= 15 is 0 Å². The fourth-order valence-electron chi connectivity index (χ4n) is 3.15. The molecule has 3 heterocycles. The maximum Gasteiger partial charge on any atom is 0.344 e. The molecule has 0 saturated heterocycles. The van der Waals surface area contributed by atoms with E-state index in [0.29, 0.717) is 27.6 Å². The number of hydrogen-bond donors (Lipinski definition) is 1. The van der Waals surface area contributed by atoms with Crippen molar-refractivity contribution in [2.75, 3.05) is 5.32 Å². The first-order valence-electron chi connectivity index (χ1n) is 9.68. The lowest BCUT2D eigenvalue weighted by molar-refractivity contribution is -0.115. The van der Waals surface area contributed by atoms with Crippen LogP contribution < -0.4 is 5.32 Å². The van der Waals surface area contributed by atoms with Crippen LogP contribution in [0.25, 0.3) is 5.65 Å². The molecule has 0 saturated carbocycles. The number of ether oxygens (including phenoxy) is 1. The number of nitrogens with one attached hydrogen (secondary N) is 1. The summed E-state index contributed by atoms with van der Waals surface area (Å²) in [6, 6.07) is 7.66. The Labute approximate surface area is 182 Å². The quantitative estimate of drug-likeness (QED) is 0.464. The Morgan fingerprint density at radius 3 is 2.90 bits per heavy atom. The van der Waals surface area contributed by atoms with Crippen molar-refractivity contribution in [3.05, 3.63) is 75.1 Å². The Morgan fingerprint density at radius 1 is 1.23 bits per heavy atom. The van der Waals surface area contributed by atoms with Gasteiger partial charge in [-0.05, 0) is 44.0 Å². The van der Waals surface area contributed by atoms with E-state index in [1.165, 1.54) is 11.3 Å². The van der Waals surface area contributed by atoms with E-state index in [4.69, 9.17) is 4.74 Å². The van der Waals surface area contributed by atoms with Crippen molar-refractivity contribution < 1.29 is 14.3 Å². The molecule has 0 aliphatic carbocycles. The lowest BCUT2D eigenvalue weighted by Crippen LogP contribution is -2.15. The van der Waals surface area contributed by atoms with Crippen LogP contribution in [-0.2, 0) is 22.6 Å². The molecule has 0 radical (unpaired) electrons. The minimum Gasteiger partial charge on any atom is -0.455 e. The largest absolute Gasteiger partial charge is 0.455 e. The lowest BCUT2D eigenvalue weighted by atomic mass is 10.1. The second-order valence-corrected chi connectivity index (χ2v) is 8.14. The summed E-state index contributed by atoms with van der Waals surface area (Å²) in [5, 5.41) is 9.64. The maximum absolute atomic E-state index is 12.6. The van der Waals surface area contributed by atoms with Crippen LogP contribution in [0.15, 0.2) is 42.0 Å². The van der Waals surface area contributed by atoms with Gasteiger partial charge in [-0.15, -0.1) is 11.3 Å². The highest BCUT2D eigenvalue weighted by Crippen LogP contribution is 2.19. The highest BCUT2D eigenvalue weighted by molar-refractivity contribution is 7.09. The van der Waals surface area contributed by atoms with Gasteiger partial charge >= 0.3 is 5.97 Å². The van der Waals surface area contributed by atoms with Crippen LogP contribution in [0.5, 0.6) is 0 Å². The maximum atomic E-state index is 12.6. The van der Waals surface area contributed by atoms with Crippen LogP contribution in [0.3, 0.4) is 0 Å². The molecule has 1 N–H and O–H groups in total. The zero-order valence-electron chi connectivity index (χ0n) is 17.4. The summed E-state index contributed by atoms with van der Waals surface area (Å²) in [6.07, 6.45) is 3.48. The minimum atomic E-state index is -0.506. The fourth-order valence-corrected chi connectivity index (χ4v) is 3.92. The lowest BCUT2D eigenvalue weighted by Gasteiger charge is -2.08. The average molecular weight is 436 g/mol. The molecule has 4 aromatic rings. The first kappa shape index (κ1) is 20.7. The van der Waals surface area contributed by atoms with Gasteiger partial charge in [0.2, 0.25) is 5.91 Å². The van der Waals surface area contributed by atoms with Crippen LogP contribution in [0.1, 0.15) is 37.9 Å². The number of thiazole rings is 1. The van der Waals surface area contributed by atoms with Crippen molar-refractivity contribution in [1.82, 2.24) is 19.6 Å². The predicted octanol–water partition coefficient (Wildman–Crippen LogP) is 3.65. The number of hydrogen-bond acceptors (Lipinski definition) is 7. The number of esters is 1. The number of fused-ring (bicyclic) bond motifs is 1. The summed E-state index contributed by atoms with van der Waals surface area (Å²) in [7, 11) is 0. The van der Waals surface area contributed by atoms with Crippen LogP contribution in [0.2, 0.25) is 0 Å². The number of benzene rings is 1. The number of nitrogens with zero attached hydrogens (tertiary/aromatic N) is 4. The Morgan fingerprint density at radius 2 is 2.06 bits per heavy atom. The molecule has 1 amide bonds. The van der Waals surface area contributed by atoms with Crippen molar-refractivity contribution in [1.29, 1.82) is 0 Å². The highest BCUT2D eigenvalue weighted by Gasteiger charge is 2.20. The van der Waals surface area contributed by atoms with E-state index in [1.54, 1.807) is 35.3 Å². The fraction of sp³-hybridized carbons (Fsp3) is 0.227. The average Bonchev–Trinajstić information content (AvgIpc) is 3.31. The third-order valence-electron chi connectivity index (χ3n) is 4.70. The topological polar surface area (TPSA) is 98.5 Å². The molecule has 0 aliphatic heterocycles. The SMILES string of the molecule is Cc1ccc(C)c(NC(=O)Cc2nc(COC(=O)c3c(C)nn4cccnc34)cs2)c1. The van der Waals surface area contributed by atoms with Crippen molar-refractivity contribution in [2.45, 2.75) is 33.8 Å². The smallest absolute Gasteiger partial charge is 0.344 e. The van der Waals surface area contributed by atoms with Crippen LogP contribution >= 0.6 is 11.3 Å². The van der Waals surface area contributed by atoms with Crippen LogP contribution in [-0.4, -0.2) is 31.5 Å². The van der Waals surface area contributed by atoms with Crippen LogP contribution in [0.4, 0.5) is 5.69 Å². The molecule has 8 nitrogen and oxygen atoms in total. The molecule has 0 aliphatic rings. The summed E-state index contributed by atoms with van der Waals surface area (Å²) < 4.78 is 6.96. The third-order valence-corrected chi connectivity index (χ3v) is 5.60. The van der Waals surface area contributed by atoms with Gasteiger partial charge in [0.25, 0.3) is 0 Å².